The van der Waals surface area contributed by atoms with Crippen molar-refractivity contribution < 1.29 is 32.2 Å². The summed E-state index contributed by atoms with van der Waals surface area (Å²) in [5.74, 6) is 2.58. The molecular formula is C34H52F3NO4. The summed E-state index contributed by atoms with van der Waals surface area (Å²) in [4.78, 5) is 25.1. The molecule has 1 atom stereocenters. The number of likely N-dealkylation sites (tertiary alicyclic amines) is 1. The van der Waals surface area contributed by atoms with Gasteiger partial charge in [-0.15, -0.1) is 0 Å². The Bertz CT molecular complexity index is 964. The molecule has 1 unspecified atom stereocenters. The molecule has 1 aliphatic heterocycles. The number of carbonyl (C=O) groups is 2. The Labute approximate surface area is 251 Å². The molecule has 8 heteroatoms. The van der Waals surface area contributed by atoms with E-state index in [1.807, 2.05) is 50.3 Å². The van der Waals surface area contributed by atoms with E-state index in [0.29, 0.717) is 24.5 Å². The van der Waals surface area contributed by atoms with E-state index >= 15 is 0 Å². The molecule has 0 bridgehead atoms. The van der Waals surface area contributed by atoms with Gasteiger partial charge < -0.3 is 19.2 Å². The van der Waals surface area contributed by atoms with Gasteiger partial charge in [-0.05, 0) is 100 Å². The topological polar surface area (TPSA) is 55.8 Å². The number of nitrogens with zero attached hydrogens (tertiary/aromatic N) is 1. The molecule has 0 aromatic heterocycles. The summed E-state index contributed by atoms with van der Waals surface area (Å²) < 4.78 is 46.6. The number of carbonyl (C=O) groups excluding carboxylic acids is 2. The van der Waals surface area contributed by atoms with Crippen molar-refractivity contribution in [1.29, 1.82) is 0 Å². The van der Waals surface area contributed by atoms with Gasteiger partial charge in [0.2, 0.25) is 0 Å². The van der Waals surface area contributed by atoms with Crippen LogP contribution in [0.15, 0.2) is 47.7 Å². The number of benzene rings is 1. The Hall–Kier alpha value is -2.61. The van der Waals surface area contributed by atoms with Gasteiger partial charge in [-0.1, -0.05) is 39.0 Å². The standard InChI is InChI=1S/C18H26F3NO.C14H20O3.C2H6/c1-15(14-22-10-2-3-11-22)13-16-5-7-17(8-6-16)23-12-4-9-18(19,20)21;1-11(15)5-3-4-6-14(16)12-7-9-13(17-2)10-8-12;1-2/h5-8,15H,2-4,9-14H2,1H3;7,9H,3-6,8,10H2,1-2H3;1-2H3. The van der Waals surface area contributed by atoms with E-state index < -0.39 is 12.6 Å². The predicted molar refractivity (Wildman–Crippen MR) is 164 cm³/mol. The zero-order valence-corrected chi connectivity index (χ0v) is 26.4. The molecule has 2 aliphatic rings. The van der Waals surface area contributed by atoms with Crippen LogP contribution in [0.2, 0.25) is 0 Å². The highest BCUT2D eigenvalue weighted by molar-refractivity contribution is 5.95. The van der Waals surface area contributed by atoms with Crippen LogP contribution in [0.25, 0.3) is 0 Å². The van der Waals surface area contributed by atoms with Gasteiger partial charge in [0.05, 0.1) is 19.5 Å². The lowest BCUT2D eigenvalue weighted by Gasteiger charge is -2.20. The molecule has 42 heavy (non-hydrogen) atoms. The minimum Gasteiger partial charge on any atom is -0.501 e. The second kappa shape index (κ2) is 21.1. The molecule has 0 amide bonds. The van der Waals surface area contributed by atoms with Crippen molar-refractivity contribution in [3.63, 3.8) is 0 Å². The number of halogens is 3. The Morgan fingerprint density at radius 2 is 1.60 bits per heavy atom. The van der Waals surface area contributed by atoms with Crippen LogP contribution in [0.5, 0.6) is 5.75 Å². The summed E-state index contributed by atoms with van der Waals surface area (Å²) in [6.45, 7) is 11.5. The largest absolute Gasteiger partial charge is 0.501 e. The number of alkyl halides is 3. The van der Waals surface area contributed by atoms with Crippen molar-refractivity contribution in [1.82, 2.24) is 4.90 Å². The Kier molecular flexibility index (Phi) is 18.8. The second-order valence-corrected chi connectivity index (χ2v) is 10.9. The summed E-state index contributed by atoms with van der Waals surface area (Å²) >= 11 is 0. The summed E-state index contributed by atoms with van der Waals surface area (Å²) in [5, 5.41) is 0. The molecule has 1 aromatic carbocycles. The Balaban J connectivity index is 0.000000413. The van der Waals surface area contributed by atoms with Gasteiger partial charge in [-0.25, -0.2) is 0 Å². The number of ketones is 2. The first-order chi connectivity index (χ1) is 20.1. The molecule has 238 valence electrons. The van der Waals surface area contributed by atoms with E-state index in [4.69, 9.17) is 9.47 Å². The summed E-state index contributed by atoms with van der Waals surface area (Å²) in [5.41, 5.74) is 2.13. The molecule has 5 nitrogen and oxygen atoms in total. The molecule has 0 spiro atoms. The zero-order chi connectivity index (χ0) is 31.4. The SMILES string of the molecule is CC.CC(Cc1ccc(OCCCC(F)(F)F)cc1)CN1CCCC1.COC1=CC=C(C(=O)CCCCC(C)=O)CC1. The molecular weight excluding hydrogens is 543 g/mol. The van der Waals surface area contributed by atoms with Crippen molar-refractivity contribution in [3.05, 3.63) is 53.3 Å². The molecule has 1 heterocycles. The fourth-order valence-electron chi connectivity index (χ4n) is 4.90. The van der Waals surface area contributed by atoms with Gasteiger partial charge in [0.1, 0.15) is 11.5 Å². The minimum atomic E-state index is -4.10. The number of hydrogen-bond acceptors (Lipinski definition) is 5. The molecule has 3 rings (SSSR count). The summed E-state index contributed by atoms with van der Waals surface area (Å²) in [6.07, 6.45) is 6.80. The number of hydrogen-bond donors (Lipinski definition) is 0. The van der Waals surface area contributed by atoms with E-state index in [9.17, 15) is 22.8 Å². The smallest absolute Gasteiger partial charge is 0.389 e. The highest BCUT2D eigenvalue weighted by Crippen LogP contribution is 2.23. The maximum atomic E-state index is 12.0. The molecule has 1 fully saturated rings. The predicted octanol–water partition coefficient (Wildman–Crippen LogP) is 8.66. The molecule has 1 saturated heterocycles. The van der Waals surface area contributed by atoms with Crippen LogP contribution >= 0.6 is 0 Å². The lowest BCUT2D eigenvalue weighted by atomic mass is 9.96. The van der Waals surface area contributed by atoms with Gasteiger partial charge in [0.25, 0.3) is 0 Å². The number of allylic oxidation sites excluding steroid dienone is 4. The van der Waals surface area contributed by atoms with E-state index in [0.717, 1.165) is 50.0 Å². The van der Waals surface area contributed by atoms with Crippen LogP contribution in [0.1, 0.15) is 97.5 Å². The normalized spacial score (nSPS) is 15.7. The van der Waals surface area contributed by atoms with Gasteiger partial charge >= 0.3 is 6.18 Å². The highest BCUT2D eigenvalue weighted by Gasteiger charge is 2.26. The van der Waals surface area contributed by atoms with Gasteiger partial charge in [-0.2, -0.15) is 13.2 Å². The second-order valence-electron chi connectivity index (χ2n) is 10.9. The van der Waals surface area contributed by atoms with Crippen molar-refractivity contribution in [2.24, 2.45) is 5.92 Å². The fourth-order valence-corrected chi connectivity index (χ4v) is 4.90. The van der Waals surface area contributed by atoms with Crippen LogP contribution in [-0.2, 0) is 20.7 Å². The highest BCUT2D eigenvalue weighted by atomic mass is 19.4. The zero-order valence-electron chi connectivity index (χ0n) is 26.4. The van der Waals surface area contributed by atoms with Gasteiger partial charge in [-0.3, -0.25) is 4.79 Å². The third-order valence-electron chi connectivity index (χ3n) is 7.06. The number of unbranched alkanes of at least 4 members (excludes halogenated alkanes) is 1. The van der Waals surface area contributed by atoms with Crippen molar-refractivity contribution in [3.8, 4) is 5.75 Å². The van der Waals surface area contributed by atoms with Crippen LogP contribution in [0.3, 0.4) is 0 Å². The quantitative estimate of drug-likeness (QED) is 0.190. The van der Waals surface area contributed by atoms with Crippen LogP contribution in [0, 0.1) is 5.92 Å². The average molecular weight is 596 g/mol. The maximum absolute atomic E-state index is 12.0. The molecule has 0 saturated carbocycles. The van der Waals surface area contributed by atoms with E-state index in [1.54, 1.807) is 14.0 Å². The van der Waals surface area contributed by atoms with Crippen molar-refractivity contribution >= 4 is 11.6 Å². The first-order valence-electron chi connectivity index (χ1n) is 15.5. The van der Waals surface area contributed by atoms with Crippen LogP contribution < -0.4 is 4.74 Å². The number of ether oxygens (including phenoxy) is 2. The first kappa shape index (κ1) is 37.4. The average Bonchev–Trinajstić information content (AvgIpc) is 3.48. The van der Waals surface area contributed by atoms with E-state index in [2.05, 4.69) is 11.8 Å². The Morgan fingerprint density at radius 3 is 2.14 bits per heavy atom. The van der Waals surface area contributed by atoms with Crippen LogP contribution in [-0.4, -0.2) is 56.0 Å². The molecule has 1 aromatic rings. The summed E-state index contributed by atoms with van der Waals surface area (Å²) in [7, 11) is 1.65. The number of rotatable bonds is 15. The lowest BCUT2D eigenvalue weighted by Crippen LogP contribution is -2.26. The van der Waals surface area contributed by atoms with Crippen molar-refractivity contribution in [2.45, 2.75) is 105 Å². The number of Topliss-reactive ketones (excluding diaryl/α,β-unsaturated/α-hetero) is 2. The summed E-state index contributed by atoms with van der Waals surface area (Å²) in [6, 6.07) is 7.73. The molecule has 1 aliphatic carbocycles. The van der Waals surface area contributed by atoms with Crippen molar-refractivity contribution in [2.75, 3.05) is 33.4 Å². The maximum Gasteiger partial charge on any atom is 0.389 e. The number of methoxy groups -OCH3 is 1. The third-order valence-corrected chi connectivity index (χ3v) is 7.06. The van der Waals surface area contributed by atoms with Crippen LogP contribution in [0.4, 0.5) is 13.2 Å². The monoisotopic (exact) mass is 595 g/mol. The Morgan fingerprint density at radius 1 is 0.952 bits per heavy atom. The molecule has 0 N–H and O–H groups in total. The fraction of sp³-hybridized carbons (Fsp3) is 0.647. The molecule has 0 radical (unpaired) electrons. The third kappa shape index (κ3) is 17.4. The minimum absolute atomic E-state index is 0.00186. The first-order valence-corrected chi connectivity index (χ1v) is 15.5. The lowest BCUT2D eigenvalue weighted by molar-refractivity contribution is -0.136. The van der Waals surface area contributed by atoms with Gasteiger partial charge in [0, 0.05) is 32.2 Å². The van der Waals surface area contributed by atoms with Gasteiger partial charge in [0.15, 0.2) is 5.78 Å². The van der Waals surface area contributed by atoms with E-state index in [1.165, 1.54) is 31.5 Å². The van der Waals surface area contributed by atoms with E-state index in [-0.39, 0.29) is 24.6 Å².